The van der Waals surface area contributed by atoms with Crippen LogP contribution in [0.1, 0.15) is 24.4 Å². The van der Waals surface area contributed by atoms with Crippen LogP contribution in [-0.4, -0.2) is 12.0 Å². The molecule has 1 aromatic heterocycles. The van der Waals surface area contributed by atoms with Crippen LogP contribution in [-0.2, 0) is 0 Å². The van der Waals surface area contributed by atoms with Gasteiger partial charge in [0.1, 0.15) is 5.69 Å². The van der Waals surface area contributed by atoms with Crippen molar-refractivity contribution in [3.63, 3.8) is 0 Å². The minimum absolute atomic E-state index is 0.248. The number of rotatable bonds is 2. The Bertz CT molecular complexity index is 299. The van der Waals surface area contributed by atoms with E-state index in [1.54, 1.807) is 0 Å². The molecule has 0 aromatic carbocycles. The van der Waals surface area contributed by atoms with Crippen LogP contribution >= 0.6 is 0 Å². The van der Waals surface area contributed by atoms with Crippen LogP contribution in [0.3, 0.4) is 0 Å². The van der Waals surface area contributed by atoms with Crippen molar-refractivity contribution < 1.29 is 0 Å². The maximum Gasteiger partial charge on any atom is 0.113 e. The van der Waals surface area contributed by atoms with Crippen LogP contribution in [0.2, 0.25) is 0 Å². The van der Waals surface area contributed by atoms with Crippen LogP contribution in [0.5, 0.6) is 0 Å². The van der Waals surface area contributed by atoms with E-state index in [4.69, 9.17) is 6.42 Å². The lowest BCUT2D eigenvalue weighted by Gasteiger charge is -2.08. The van der Waals surface area contributed by atoms with Crippen LogP contribution in [0.25, 0.3) is 0 Å². The van der Waals surface area contributed by atoms with Gasteiger partial charge in [-0.2, -0.15) is 0 Å². The first-order valence-corrected chi connectivity index (χ1v) is 3.88. The zero-order chi connectivity index (χ0) is 8.97. The molecule has 1 rings (SSSR count). The first-order chi connectivity index (χ1) is 5.77. The molecule has 1 atom stereocenters. The third kappa shape index (κ3) is 1.84. The number of terminal acetylenes is 1. The summed E-state index contributed by atoms with van der Waals surface area (Å²) in [6, 6.07) is 5.96. The third-order valence-corrected chi connectivity index (χ3v) is 1.80. The fourth-order valence-corrected chi connectivity index (χ4v) is 0.921. The van der Waals surface area contributed by atoms with Gasteiger partial charge in [0.15, 0.2) is 0 Å². The quantitative estimate of drug-likeness (QED) is 0.660. The van der Waals surface area contributed by atoms with E-state index in [1.807, 2.05) is 32.2 Å². The van der Waals surface area contributed by atoms with Crippen molar-refractivity contribution in [2.75, 3.05) is 7.05 Å². The van der Waals surface area contributed by atoms with E-state index in [1.165, 1.54) is 0 Å². The Hall–Kier alpha value is -1.33. The zero-order valence-corrected chi connectivity index (χ0v) is 7.33. The zero-order valence-electron chi connectivity index (χ0n) is 7.33. The summed E-state index contributed by atoms with van der Waals surface area (Å²) in [4.78, 5) is 4.26. The molecule has 0 unspecified atom stereocenters. The van der Waals surface area contributed by atoms with Gasteiger partial charge in [-0.15, -0.1) is 6.42 Å². The second-order valence-electron chi connectivity index (χ2n) is 2.60. The summed E-state index contributed by atoms with van der Waals surface area (Å²) in [5.74, 6) is 2.51. The van der Waals surface area contributed by atoms with Crippen molar-refractivity contribution in [1.29, 1.82) is 0 Å². The van der Waals surface area contributed by atoms with Gasteiger partial charge in [0.25, 0.3) is 0 Å². The summed E-state index contributed by atoms with van der Waals surface area (Å²) in [6.07, 6.45) is 5.23. The molecular weight excluding hydrogens is 148 g/mol. The Morgan fingerprint density at radius 2 is 2.33 bits per heavy atom. The predicted octanol–water partition coefficient (Wildman–Crippen LogP) is 1.34. The van der Waals surface area contributed by atoms with Crippen LogP contribution < -0.4 is 5.32 Å². The lowest BCUT2D eigenvalue weighted by atomic mass is 10.2. The lowest BCUT2D eigenvalue weighted by Crippen LogP contribution is -2.13. The highest BCUT2D eigenvalue weighted by Crippen LogP contribution is 2.08. The molecule has 0 spiro atoms. The minimum atomic E-state index is 0.248. The normalized spacial score (nSPS) is 12.1. The van der Waals surface area contributed by atoms with Crippen molar-refractivity contribution in [3.05, 3.63) is 29.6 Å². The van der Waals surface area contributed by atoms with Gasteiger partial charge in [0.2, 0.25) is 0 Å². The van der Waals surface area contributed by atoms with Gasteiger partial charge in [-0.1, -0.05) is 12.0 Å². The maximum atomic E-state index is 5.23. The predicted molar refractivity (Wildman–Crippen MR) is 49.6 cm³/mol. The van der Waals surface area contributed by atoms with Gasteiger partial charge in [-0.05, 0) is 26.1 Å². The Labute approximate surface area is 73.0 Å². The Morgan fingerprint density at radius 3 is 2.92 bits per heavy atom. The fourth-order valence-electron chi connectivity index (χ4n) is 0.921. The van der Waals surface area contributed by atoms with Crippen LogP contribution in [0.4, 0.5) is 0 Å². The van der Waals surface area contributed by atoms with Crippen LogP contribution in [0.15, 0.2) is 18.2 Å². The van der Waals surface area contributed by atoms with E-state index >= 15 is 0 Å². The molecule has 0 aliphatic heterocycles. The Balaban J connectivity index is 2.95. The highest BCUT2D eigenvalue weighted by atomic mass is 14.9. The van der Waals surface area contributed by atoms with Gasteiger partial charge < -0.3 is 5.32 Å². The van der Waals surface area contributed by atoms with Crippen molar-refractivity contribution in [2.45, 2.75) is 13.0 Å². The molecule has 2 heteroatoms. The molecule has 0 aliphatic carbocycles. The monoisotopic (exact) mass is 160 g/mol. The standard InChI is InChI=1S/C10H12N2/c1-4-9-6-5-7-10(12-9)8(2)11-3/h1,5-8,11H,2-3H3/t8-/m1/s1. The van der Waals surface area contributed by atoms with Crippen molar-refractivity contribution in [3.8, 4) is 12.3 Å². The van der Waals surface area contributed by atoms with Crippen molar-refractivity contribution in [1.82, 2.24) is 10.3 Å². The summed E-state index contributed by atoms with van der Waals surface area (Å²) < 4.78 is 0. The van der Waals surface area contributed by atoms with Gasteiger partial charge >= 0.3 is 0 Å². The topological polar surface area (TPSA) is 24.9 Å². The smallest absolute Gasteiger partial charge is 0.113 e. The number of hydrogen-bond acceptors (Lipinski definition) is 2. The van der Waals surface area contributed by atoms with Crippen LogP contribution in [0, 0.1) is 12.3 Å². The molecule has 0 aliphatic rings. The summed E-state index contributed by atoms with van der Waals surface area (Å²) in [6.45, 7) is 2.04. The summed E-state index contributed by atoms with van der Waals surface area (Å²) >= 11 is 0. The maximum absolute atomic E-state index is 5.23. The number of nitrogens with one attached hydrogen (secondary N) is 1. The molecule has 1 aromatic rings. The second kappa shape index (κ2) is 3.89. The molecule has 1 heterocycles. The summed E-state index contributed by atoms with van der Waals surface area (Å²) in [5.41, 5.74) is 1.67. The molecule has 62 valence electrons. The van der Waals surface area contributed by atoms with E-state index in [-0.39, 0.29) is 6.04 Å². The minimum Gasteiger partial charge on any atom is -0.312 e. The molecule has 0 fully saturated rings. The van der Waals surface area contributed by atoms with Crippen molar-refractivity contribution >= 4 is 0 Å². The average molecular weight is 160 g/mol. The van der Waals surface area contributed by atoms with Gasteiger partial charge in [0, 0.05) is 6.04 Å². The lowest BCUT2D eigenvalue weighted by molar-refractivity contribution is 0.632. The number of hydrogen-bond donors (Lipinski definition) is 1. The SMILES string of the molecule is C#Cc1cccc([C@@H](C)NC)n1. The Morgan fingerprint density at radius 1 is 1.58 bits per heavy atom. The van der Waals surface area contributed by atoms with E-state index in [9.17, 15) is 0 Å². The molecule has 2 nitrogen and oxygen atoms in total. The van der Waals surface area contributed by atoms with Crippen molar-refractivity contribution in [2.24, 2.45) is 0 Å². The highest BCUT2D eigenvalue weighted by molar-refractivity contribution is 5.26. The molecule has 0 saturated heterocycles. The largest absolute Gasteiger partial charge is 0.312 e. The van der Waals surface area contributed by atoms with Gasteiger partial charge in [-0.3, -0.25) is 0 Å². The molecule has 0 radical (unpaired) electrons. The molecular formula is C10H12N2. The number of aromatic nitrogens is 1. The number of nitrogens with zero attached hydrogens (tertiary/aromatic N) is 1. The fraction of sp³-hybridized carbons (Fsp3) is 0.300. The molecule has 12 heavy (non-hydrogen) atoms. The van der Waals surface area contributed by atoms with Gasteiger partial charge in [-0.25, -0.2) is 4.98 Å². The summed E-state index contributed by atoms with van der Waals surface area (Å²) in [5, 5.41) is 3.10. The van der Waals surface area contributed by atoms with E-state index < -0.39 is 0 Å². The first-order valence-electron chi connectivity index (χ1n) is 3.88. The Kier molecular flexibility index (Phi) is 2.84. The molecule has 0 bridgehead atoms. The summed E-state index contributed by atoms with van der Waals surface area (Å²) in [7, 11) is 1.90. The number of pyridine rings is 1. The third-order valence-electron chi connectivity index (χ3n) is 1.80. The molecule has 1 N–H and O–H groups in total. The van der Waals surface area contributed by atoms with Gasteiger partial charge in [0.05, 0.1) is 5.69 Å². The molecule has 0 amide bonds. The van der Waals surface area contributed by atoms with E-state index in [0.29, 0.717) is 5.69 Å². The highest BCUT2D eigenvalue weighted by Gasteiger charge is 2.02. The second-order valence-corrected chi connectivity index (χ2v) is 2.60. The van der Waals surface area contributed by atoms with E-state index in [2.05, 4.69) is 16.2 Å². The average Bonchev–Trinajstić information content (AvgIpc) is 2.17. The van der Waals surface area contributed by atoms with E-state index in [0.717, 1.165) is 5.69 Å². The molecule has 0 saturated carbocycles. The first kappa shape index (κ1) is 8.76.